The lowest BCUT2D eigenvalue weighted by Crippen LogP contribution is -2.59. The molecule has 0 amide bonds. The van der Waals surface area contributed by atoms with Crippen molar-refractivity contribution in [2.45, 2.75) is 39.0 Å². The molecular weight excluding hydrogens is 244 g/mol. The molecule has 2 atom stereocenters. The van der Waals surface area contributed by atoms with Gasteiger partial charge in [0.1, 0.15) is 5.69 Å². The number of amidine groups is 1. The standard InChI is InChI=1S/C13H20N4O2/c1-13(2)9(6-10(13)18)16-7-8-4-3-5-15-11(8)12(14)17-19/h3-5,9-10,16,18-19H,6-7H2,1-2H3,(H2,14,17). The van der Waals surface area contributed by atoms with Gasteiger partial charge in [0.05, 0.1) is 6.10 Å². The topological polar surface area (TPSA) is 104 Å². The molecule has 6 nitrogen and oxygen atoms in total. The van der Waals surface area contributed by atoms with Crippen LogP contribution in [0.15, 0.2) is 23.5 Å². The number of pyridine rings is 1. The first-order chi connectivity index (χ1) is 8.96. The zero-order valence-corrected chi connectivity index (χ0v) is 11.2. The lowest BCUT2D eigenvalue weighted by Gasteiger charge is -2.49. The molecule has 104 valence electrons. The Hall–Kier alpha value is -1.66. The largest absolute Gasteiger partial charge is 0.409 e. The van der Waals surface area contributed by atoms with Crippen LogP contribution in [-0.2, 0) is 6.54 Å². The van der Waals surface area contributed by atoms with E-state index in [1.165, 1.54) is 0 Å². The molecule has 1 aromatic heterocycles. The fourth-order valence-electron chi connectivity index (χ4n) is 2.34. The summed E-state index contributed by atoms with van der Waals surface area (Å²) in [5, 5.41) is 24.8. The van der Waals surface area contributed by atoms with Gasteiger partial charge < -0.3 is 21.4 Å². The van der Waals surface area contributed by atoms with Crippen LogP contribution in [0, 0.1) is 5.41 Å². The van der Waals surface area contributed by atoms with E-state index < -0.39 is 0 Å². The van der Waals surface area contributed by atoms with Crippen molar-refractivity contribution < 1.29 is 10.3 Å². The van der Waals surface area contributed by atoms with Gasteiger partial charge in [-0.1, -0.05) is 25.1 Å². The summed E-state index contributed by atoms with van der Waals surface area (Å²) in [6.07, 6.45) is 2.09. The number of aliphatic hydroxyl groups excluding tert-OH is 1. The molecule has 5 N–H and O–H groups in total. The molecule has 1 saturated carbocycles. The molecule has 1 aliphatic carbocycles. The van der Waals surface area contributed by atoms with Gasteiger partial charge in [-0.2, -0.15) is 0 Å². The molecule has 2 unspecified atom stereocenters. The summed E-state index contributed by atoms with van der Waals surface area (Å²) in [6, 6.07) is 3.95. The molecule has 6 heteroatoms. The van der Waals surface area contributed by atoms with Gasteiger partial charge in [0.25, 0.3) is 0 Å². The highest BCUT2D eigenvalue weighted by Gasteiger charge is 2.46. The number of nitrogens with zero attached hydrogens (tertiary/aromatic N) is 2. The van der Waals surface area contributed by atoms with Gasteiger partial charge in [0.2, 0.25) is 0 Å². The van der Waals surface area contributed by atoms with Crippen molar-refractivity contribution in [3.8, 4) is 0 Å². The minimum Gasteiger partial charge on any atom is -0.409 e. The summed E-state index contributed by atoms with van der Waals surface area (Å²) < 4.78 is 0. The Balaban J connectivity index is 2.05. The summed E-state index contributed by atoms with van der Waals surface area (Å²) in [6.45, 7) is 4.64. The predicted octanol–water partition coefficient (Wildman–Crippen LogP) is 0.425. The predicted molar refractivity (Wildman–Crippen MR) is 71.8 cm³/mol. The Morgan fingerprint density at radius 3 is 2.95 bits per heavy atom. The maximum atomic E-state index is 9.70. The van der Waals surface area contributed by atoms with Gasteiger partial charge in [0.15, 0.2) is 5.84 Å². The minimum absolute atomic E-state index is 0.00491. The maximum Gasteiger partial charge on any atom is 0.189 e. The van der Waals surface area contributed by atoms with Gasteiger partial charge in [-0.15, -0.1) is 0 Å². The van der Waals surface area contributed by atoms with E-state index >= 15 is 0 Å². The van der Waals surface area contributed by atoms with E-state index in [1.807, 2.05) is 26.0 Å². The maximum absolute atomic E-state index is 9.70. The van der Waals surface area contributed by atoms with Crippen LogP contribution >= 0.6 is 0 Å². The van der Waals surface area contributed by atoms with Crippen molar-refractivity contribution in [3.05, 3.63) is 29.6 Å². The number of aliphatic hydroxyl groups is 1. The van der Waals surface area contributed by atoms with Gasteiger partial charge in [-0.3, -0.25) is 4.98 Å². The first-order valence-electron chi connectivity index (χ1n) is 6.30. The van der Waals surface area contributed by atoms with Crippen LogP contribution in [0.3, 0.4) is 0 Å². The van der Waals surface area contributed by atoms with Crippen molar-refractivity contribution in [1.29, 1.82) is 0 Å². The fourth-order valence-corrected chi connectivity index (χ4v) is 2.34. The minimum atomic E-state index is -0.262. The Bertz CT molecular complexity index is 487. The second kappa shape index (κ2) is 5.14. The summed E-state index contributed by atoms with van der Waals surface area (Å²) in [5.74, 6) is 0.00491. The quantitative estimate of drug-likeness (QED) is 0.273. The van der Waals surface area contributed by atoms with E-state index in [4.69, 9.17) is 10.9 Å². The van der Waals surface area contributed by atoms with Crippen molar-refractivity contribution in [1.82, 2.24) is 10.3 Å². The van der Waals surface area contributed by atoms with Crippen LogP contribution < -0.4 is 11.1 Å². The molecule has 1 heterocycles. The molecule has 1 aliphatic rings. The average molecular weight is 264 g/mol. The Morgan fingerprint density at radius 2 is 2.37 bits per heavy atom. The first kappa shape index (κ1) is 13.8. The summed E-state index contributed by atoms with van der Waals surface area (Å²) in [4.78, 5) is 4.12. The van der Waals surface area contributed by atoms with Crippen LogP contribution in [0.5, 0.6) is 0 Å². The second-order valence-electron chi connectivity index (χ2n) is 5.50. The van der Waals surface area contributed by atoms with Crippen LogP contribution in [0.1, 0.15) is 31.5 Å². The molecule has 2 rings (SSSR count). The van der Waals surface area contributed by atoms with Gasteiger partial charge >= 0.3 is 0 Å². The smallest absolute Gasteiger partial charge is 0.189 e. The number of aromatic nitrogens is 1. The second-order valence-corrected chi connectivity index (χ2v) is 5.50. The number of hydrogen-bond acceptors (Lipinski definition) is 5. The molecule has 0 saturated heterocycles. The average Bonchev–Trinajstić information content (AvgIpc) is 2.42. The summed E-state index contributed by atoms with van der Waals surface area (Å²) >= 11 is 0. The van der Waals surface area contributed by atoms with E-state index in [2.05, 4.69) is 15.5 Å². The Kier molecular flexibility index (Phi) is 3.73. The van der Waals surface area contributed by atoms with E-state index in [9.17, 15) is 5.11 Å². The molecule has 0 radical (unpaired) electrons. The molecule has 0 aromatic carbocycles. The normalized spacial score (nSPS) is 25.9. The number of hydrogen-bond donors (Lipinski definition) is 4. The van der Waals surface area contributed by atoms with E-state index in [-0.39, 0.29) is 23.4 Å². The zero-order chi connectivity index (χ0) is 14.0. The van der Waals surface area contributed by atoms with E-state index in [0.29, 0.717) is 12.2 Å². The van der Waals surface area contributed by atoms with Crippen LogP contribution in [0.2, 0.25) is 0 Å². The molecule has 0 aliphatic heterocycles. The molecule has 19 heavy (non-hydrogen) atoms. The number of nitrogens with one attached hydrogen (secondary N) is 1. The van der Waals surface area contributed by atoms with Crippen molar-refractivity contribution >= 4 is 5.84 Å². The van der Waals surface area contributed by atoms with Crippen LogP contribution in [0.25, 0.3) is 0 Å². The van der Waals surface area contributed by atoms with E-state index in [0.717, 1.165) is 12.0 Å². The zero-order valence-electron chi connectivity index (χ0n) is 11.2. The molecule has 0 bridgehead atoms. The first-order valence-corrected chi connectivity index (χ1v) is 6.30. The van der Waals surface area contributed by atoms with Gasteiger partial charge in [-0.05, 0) is 18.1 Å². The highest BCUT2D eigenvalue weighted by atomic mass is 16.4. The Labute approximate surface area is 112 Å². The van der Waals surface area contributed by atoms with Gasteiger partial charge in [0, 0.05) is 24.2 Å². The summed E-state index contributed by atoms with van der Waals surface area (Å²) in [5.41, 5.74) is 6.82. The van der Waals surface area contributed by atoms with E-state index in [1.54, 1.807) is 6.20 Å². The van der Waals surface area contributed by atoms with Crippen molar-refractivity contribution in [2.24, 2.45) is 16.3 Å². The molecule has 1 aromatic rings. The number of nitrogens with two attached hydrogens (primary N) is 1. The monoisotopic (exact) mass is 264 g/mol. The number of rotatable bonds is 4. The van der Waals surface area contributed by atoms with Crippen molar-refractivity contribution in [3.63, 3.8) is 0 Å². The van der Waals surface area contributed by atoms with Crippen molar-refractivity contribution in [2.75, 3.05) is 0 Å². The summed E-state index contributed by atoms with van der Waals surface area (Å²) in [7, 11) is 0. The lowest BCUT2D eigenvalue weighted by molar-refractivity contribution is -0.0729. The third kappa shape index (κ3) is 2.54. The highest BCUT2D eigenvalue weighted by Crippen LogP contribution is 2.40. The van der Waals surface area contributed by atoms with Gasteiger partial charge in [-0.25, -0.2) is 0 Å². The molecule has 1 fully saturated rings. The number of oxime groups is 1. The third-order valence-electron chi connectivity index (χ3n) is 4.00. The molecule has 0 spiro atoms. The SMILES string of the molecule is CC1(C)C(O)CC1NCc1cccnc1/C(N)=N/O. The third-order valence-corrected chi connectivity index (χ3v) is 4.00. The lowest BCUT2D eigenvalue weighted by atomic mass is 9.64. The van der Waals surface area contributed by atoms with Crippen LogP contribution in [0.4, 0.5) is 0 Å². The highest BCUT2D eigenvalue weighted by molar-refractivity contribution is 5.96. The van der Waals surface area contributed by atoms with Crippen LogP contribution in [-0.4, -0.2) is 33.3 Å². The Morgan fingerprint density at radius 1 is 1.63 bits per heavy atom. The molecular formula is C13H20N4O2. The fraction of sp³-hybridized carbons (Fsp3) is 0.538.